The van der Waals surface area contributed by atoms with Crippen molar-refractivity contribution >= 4 is 23.0 Å². The lowest BCUT2D eigenvalue weighted by molar-refractivity contribution is -0.383. The van der Waals surface area contributed by atoms with Crippen LogP contribution < -0.4 is 20.1 Å². The Balaban J connectivity index is 1.74. The highest BCUT2D eigenvalue weighted by Crippen LogP contribution is 2.33. The van der Waals surface area contributed by atoms with Crippen molar-refractivity contribution in [3.05, 3.63) is 70.0 Å². The fourth-order valence-electron chi connectivity index (χ4n) is 3.01. The number of hydrogen-bond donors (Lipinski definition) is 2. The molecule has 33 heavy (non-hydrogen) atoms. The molecule has 2 N–H and O–H groups in total. The molecule has 0 aliphatic carbocycles. The van der Waals surface area contributed by atoms with Gasteiger partial charge in [0, 0.05) is 12.2 Å². The number of nitrogens with one attached hydrogen (secondary N) is 2. The topological polar surface area (TPSA) is 111 Å². The van der Waals surface area contributed by atoms with Crippen LogP contribution in [0.2, 0.25) is 0 Å². The van der Waals surface area contributed by atoms with Gasteiger partial charge in [-0.3, -0.25) is 10.1 Å². The van der Waals surface area contributed by atoms with Gasteiger partial charge >= 0.3 is 11.9 Å². The van der Waals surface area contributed by atoms with E-state index >= 15 is 0 Å². The lowest BCUT2D eigenvalue weighted by Gasteiger charge is -2.12. The smallest absolute Gasteiger partial charge is 0.416 e. The Morgan fingerprint density at radius 1 is 1.00 bits per heavy atom. The van der Waals surface area contributed by atoms with Gasteiger partial charge in [0.1, 0.15) is 6.33 Å². The number of alkyl halides is 3. The van der Waals surface area contributed by atoms with Crippen LogP contribution in [0, 0.1) is 10.1 Å². The number of halogens is 3. The quantitative estimate of drug-likeness (QED) is 0.343. The summed E-state index contributed by atoms with van der Waals surface area (Å²) in [7, 11) is 3.05. The van der Waals surface area contributed by atoms with Gasteiger partial charge in [0.25, 0.3) is 0 Å². The van der Waals surface area contributed by atoms with Crippen molar-refractivity contribution in [3.63, 3.8) is 0 Å². The molecule has 0 saturated heterocycles. The molecule has 0 fully saturated rings. The van der Waals surface area contributed by atoms with Crippen molar-refractivity contribution in [2.75, 3.05) is 31.4 Å². The molecule has 0 saturated carbocycles. The summed E-state index contributed by atoms with van der Waals surface area (Å²) in [5.41, 5.74) is -0.145. The van der Waals surface area contributed by atoms with Gasteiger partial charge in [0.15, 0.2) is 11.5 Å². The molecular formula is C21H20F3N5O4. The van der Waals surface area contributed by atoms with Gasteiger partial charge in [0.2, 0.25) is 11.6 Å². The average Bonchev–Trinajstić information content (AvgIpc) is 2.78. The molecule has 0 aliphatic heterocycles. The molecule has 0 aliphatic rings. The summed E-state index contributed by atoms with van der Waals surface area (Å²) in [6.07, 6.45) is -2.86. The highest BCUT2D eigenvalue weighted by atomic mass is 19.4. The number of anilines is 3. The molecule has 9 nitrogen and oxygen atoms in total. The summed E-state index contributed by atoms with van der Waals surface area (Å²) in [4.78, 5) is 18.8. The molecule has 0 atom stereocenters. The molecule has 1 heterocycles. The van der Waals surface area contributed by atoms with Crippen LogP contribution in [0.1, 0.15) is 11.1 Å². The van der Waals surface area contributed by atoms with Crippen LogP contribution in [0.15, 0.2) is 48.8 Å². The molecule has 2 aromatic carbocycles. The number of nitrogens with zero attached hydrogens (tertiary/aromatic N) is 3. The van der Waals surface area contributed by atoms with Crippen LogP contribution in [0.3, 0.4) is 0 Å². The normalized spacial score (nSPS) is 11.1. The summed E-state index contributed by atoms with van der Waals surface area (Å²) in [5.74, 6) is 0.971. The van der Waals surface area contributed by atoms with Crippen molar-refractivity contribution in [1.82, 2.24) is 9.97 Å². The number of ether oxygens (including phenoxy) is 2. The van der Waals surface area contributed by atoms with E-state index in [9.17, 15) is 23.3 Å². The first-order chi connectivity index (χ1) is 15.7. The molecule has 1 aromatic heterocycles. The van der Waals surface area contributed by atoms with Crippen molar-refractivity contribution in [1.29, 1.82) is 0 Å². The van der Waals surface area contributed by atoms with Gasteiger partial charge in [-0.1, -0.05) is 6.07 Å². The number of aromatic nitrogens is 2. The zero-order valence-electron chi connectivity index (χ0n) is 17.6. The Kier molecular flexibility index (Phi) is 7.16. The van der Waals surface area contributed by atoms with E-state index < -0.39 is 22.4 Å². The Labute approximate surface area is 186 Å². The van der Waals surface area contributed by atoms with Gasteiger partial charge in [-0.2, -0.15) is 13.2 Å². The molecular weight excluding hydrogens is 443 g/mol. The lowest BCUT2D eigenvalue weighted by atomic mass is 10.1. The molecule has 12 heteroatoms. The fraction of sp³-hybridized carbons (Fsp3) is 0.238. The molecule has 0 bridgehead atoms. The second-order valence-electron chi connectivity index (χ2n) is 6.74. The minimum absolute atomic E-state index is 0.0233. The number of methoxy groups -OCH3 is 2. The van der Waals surface area contributed by atoms with Crippen molar-refractivity contribution in [2.24, 2.45) is 0 Å². The highest BCUT2D eigenvalue weighted by Gasteiger charge is 2.30. The van der Waals surface area contributed by atoms with Crippen LogP contribution >= 0.6 is 0 Å². The third-order valence-corrected chi connectivity index (χ3v) is 4.63. The standard InChI is InChI=1S/C21H20F3N5O4/c1-32-16-8-3-13(11-17(16)33-2)9-10-25-19-18(29(30)31)20(27-12-26-19)28-15-6-4-14(5-7-15)21(22,23)24/h3-8,11-12H,9-10H2,1-2H3,(H2,25,26,27,28). The van der Waals surface area contributed by atoms with E-state index in [4.69, 9.17) is 9.47 Å². The predicted molar refractivity (Wildman–Crippen MR) is 115 cm³/mol. The average molecular weight is 463 g/mol. The van der Waals surface area contributed by atoms with Crippen molar-refractivity contribution in [2.45, 2.75) is 12.6 Å². The molecule has 0 unspecified atom stereocenters. The van der Waals surface area contributed by atoms with E-state index in [1.165, 1.54) is 26.4 Å². The maximum Gasteiger partial charge on any atom is 0.416 e. The van der Waals surface area contributed by atoms with Crippen LogP contribution in [0.25, 0.3) is 0 Å². The van der Waals surface area contributed by atoms with Gasteiger partial charge in [-0.05, 0) is 48.4 Å². The van der Waals surface area contributed by atoms with E-state index in [1.54, 1.807) is 12.1 Å². The SMILES string of the molecule is COc1ccc(CCNc2ncnc(Nc3ccc(C(F)(F)F)cc3)c2[N+](=O)[O-])cc1OC. The van der Waals surface area contributed by atoms with E-state index in [0.29, 0.717) is 24.5 Å². The first-order valence-corrected chi connectivity index (χ1v) is 9.61. The molecule has 3 rings (SSSR count). The van der Waals surface area contributed by atoms with Gasteiger partial charge in [-0.15, -0.1) is 0 Å². The highest BCUT2D eigenvalue weighted by molar-refractivity contribution is 5.73. The minimum atomic E-state index is -4.48. The predicted octanol–water partition coefficient (Wildman–Crippen LogP) is 4.82. The Hall–Kier alpha value is -4.09. The maximum atomic E-state index is 12.7. The van der Waals surface area contributed by atoms with Gasteiger partial charge in [-0.25, -0.2) is 9.97 Å². The fourth-order valence-corrected chi connectivity index (χ4v) is 3.01. The zero-order valence-corrected chi connectivity index (χ0v) is 17.6. The van der Waals surface area contributed by atoms with Crippen LogP contribution in [-0.4, -0.2) is 35.7 Å². The second kappa shape index (κ2) is 10.0. The van der Waals surface area contributed by atoms with E-state index in [1.807, 2.05) is 6.07 Å². The number of rotatable bonds is 9. The van der Waals surface area contributed by atoms with Crippen molar-refractivity contribution < 1.29 is 27.6 Å². The Bertz CT molecular complexity index is 1120. The molecule has 0 spiro atoms. The van der Waals surface area contributed by atoms with Crippen LogP contribution in [0.5, 0.6) is 11.5 Å². The summed E-state index contributed by atoms with van der Waals surface area (Å²) < 4.78 is 48.7. The largest absolute Gasteiger partial charge is 0.493 e. The lowest BCUT2D eigenvalue weighted by Crippen LogP contribution is -2.11. The molecule has 0 radical (unpaired) electrons. The van der Waals surface area contributed by atoms with E-state index in [0.717, 1.165) is 24.0 Å². The second-order valence-corrected chi connectivity index (χ2v) is 6.74. The number of hydrogen-bond acceptors (Lipinski definition) is 8. The Morgan fingerprint density at radius 2 is 1.67 bits per heavy atom. The van der Waals surface area contributed by atoms with E-state index in [-0.39, 0.29) is 17.3 Å². The Morgan fingerprint density at radius 3 is 2.27 bits per heavy atom. The number of benzene rings is 2. The molecule has 0 amide bonds. The van der Waals surface area contributed by atoms with Crippen LogP contribution in [0.4, 0.5) is 36.2 Å². The third-order valence-electron chi connectivity index (χ3n) is 4.63. The zero-order chi connectivity index (χ0) is 24.0. The monoisotopic (exact) mass is 463 g/mol. The molecule has 3 aromatic rings. The summed E-state index contributed by atoms with van der Waals surface area (Å²) in [6.45, 7) is 0.313. The van der Waals surface area contributed by atoms with E-state index in [2.05, 4.69) is 20.6 Å². The van der Waals surface area contributed by atoms with Crippen LogP contribution in [-0.2, 0) is 12.6 Å². The third kappa shape index (κ3) is 5.79. The van der Waals surface area contributed by atoms with Gasteiger partial charge < -0.3 is 20.1 Å². The summed E-state index contributed by atoms with van der Waals surface area (Å²) >= 11 is 0. The number of nitro groups is 1. The van der Waals surface area contributed by atoms with Gasteiger partial charge in [0.05, 0.1) is 24.7 Å². The first-order valence-electron chi connectivity index (χ1n) is 9.61. The summed E-state index contributed by atoms with van der Waals surface area (Å²) in [6, 6.07) is 9.47. The molecule has 174 valence electrons. The summed E-state index contributed by atoms with van der Waals surface area (Å²) in [5, 5.41) is 17.3. The maximum absolute atomic E-state index is 12.7. The van der Waals surface area contributed by atoms with Crippen molar-refractivity contribution in [3.8, 4) is 11.5 Å². The minimum Gasteiger partial charge on any atom is -0.493 e. The first kappa shape index (κ1) is 23.6.